The van der Waals surface area contributed by atoms with Gasteiger partial charge in [0, 0.05) is 15.0 Å². The number of aryl methyl sites for hydroxylation is 1. The smallest absolute Gasteiger partial charge is 0.158 e. The lowest BCUT2D eigenvalue weighted by atomic mass is 10.4. The standard InChI is InChI=1S/C15H14N3P/c1-18-15(16-12-17-18)19(13-8-4-2-5-9-13)14-10-6-3-7-11-14/h2-12H,1H3. The highest BCUT2D eigenvalue weighted by Gasteiger charge is 2.20. The van der Waals surface area contributed by atoms with Crippen molar-refractivity contribution in [3.63, 3.8) is 0 Å². The zero-order chi connectivity index (χ0) is 13.1. The lowest BCUT2D eigenvalue weighted by molar-refractivity contribution is 0.790. The molecule has 3 rings (SSSR count). The average molecular weight is 267 g/mol. The minimum absolute atomic E-state index is 0.640. The molecular formula is C15H14N3P. The van der Waals surface area contributed by atoms with E-state index in [9.17, 15) is 0 Å². The Bertz CT molecular complexity index is 610. The third kappa shape index (κ3) is 2.42. The molecule has 0 amide bonds. The Morgan fingerprint density at radius 3 is 1.79 bits per heavy atom. The molecule has 4 heteroatoms. The third-order valence-electron chi connectivity index (χ3n) is 2.92. The molecule has 0 atom stereocenters. The van der Waals surface area contributed by atoms with Gasteiger partial charge in [-0.15, -0.1) is 0 Å². The molecule has 0 bridgehead atoms. The Morgan fingerprint density at radius 2 is 1.37 bits per heavy atom. The van der Waals surface area contributed by atoms with Gasteiger partial charge in [-0.05, 0) is 10.6 Å². The van der Waals surface area contributed by atoms with Gasteiger partial charge in [0.05, 0.1) is 0 Å². The summed E-state index contributed by atoms with van der Waals surface area (Å²) in [6.07, 6.45) is 1.62. The second-order valence-corrected chi connectivity index (χ2v) is 6.29. The van der Waals surface area contributed by atoms with Crippen LogP contribution in [0.15, 0.2) is 67.0 Å². The molecule has 0 fully saturated rings. The molecule has 3 aromatic rings. The SMILES string of the molecule is Cn1ncnc1P(c1ccccc1)c1ccccc1. The van der Waals surface area contributed by atoms with Crippen LogP contribution in [0.25, 0.3) is 0 Å². The minimum atomic E-state index is -0.640. The van der Waals surface area contributed by atoms with E-state index in [1.165, 1.54) is 10.6 Å². The van der Waals surface area contributed by atoms with Crippen molar-refractivity contribution in [1.82, 2.24) is 14.8 Å². The topological polar surface area (TPSA) is 30.7 Å². The third-order valence-corrected chi connectivity index (χ3v) is 5.35. The zero-order valence-corrected chi connectivity index (χ0v) is 11.5. The van der Waals surface area contributed by atoms with E-state index < -0.39 is 7.92 Å². The molecule has 3 nitrogen and oxygen atoms in total. The fraction of sp³-hybridized carbons (Fsp3) is 0.0667. The predicted molar refractivity (Wildman–Crippen MR) is 79.7 cm³/mol. The molecule has 1 heterocycles. The highest BCUT2D eigenvalue weighted by Crippen LogP contribution is 2.30. The first-order chi connectivity index (χ1) is 9.36. The molecule has 94 valence electrons. The van der Waals surface area contributed by atoms with E-state index in [1.54, 1.807) is 6.33 Å². The second kappa shape index (κ2) is 5.33. The Balaban J connectivity index is 2.15. The second-order valence-electron chi connectivity index (χ2n) is 4.19. The highest BCUT2D eigenvalue weighted by atomic mass is 31.1. The van der Waals surface area contributed by atoms with E-state index in [0.29, 0.717) is 0 Å². The molecule has 0 aliphatic heterocycles. The molecule has 0 N–H and O–H groups in total. The van der Waals surface area contributed by atoms with Gasteiger partial charge < -0.3 is 0 Å². The zero-order valence-electron chi connectivity index (χ0n) is 10.6. The molecule has 0 unspecified atom stereocenters. The van der Waals surface area contributed by atoms with E-state index >= 15 is 0 Å². The van der Waals surface area contributed by atoms with Crippen molar-refractivity contribution in [2.45, 2.75) is 0 Å². The molecule has 0 aliphatic rings. The summed E-state index contributed by atoms with van der Waals surface area (Å²) in [6, 6.07) is 21.0. The number of nitrogens with zero attached hydrogens (tertiary/aromatic N) is 3. The van der Waals surface area contributed by atoms with Gasteiger partial charge in [-0.2, -0.15) is 5.10 Å². The maximum atomic E-state index is 4.45. The molecule has 19 heavy (non-hydrogen) atoms. The number of aromatic nitrogens is 3. The van der Waals surface area contributed by atoms with Crippen molar-refractivity contribution in [3.05, 3.63) is 67.0 Å². The van der Waals surface area contributed by atoms with Gasteiger partial charge in [0.25, 0.3) is 0 Å². The summed E-state index contributed by atoms with van der Waals surface area (Å²) >= 11 is 0. The Labute approximate surface area is 113 Å². The van der Waals surface area contributed by atoms with Crippen LogP contribution in [0.1, 0.15) is 0 Å². The van der Waals surface area contributed by atoms with Crippen molar-refractivity contribution in [2.75, 3.05) is 0 Å². The van der Waals surface area contributed by atoms with Crippen LogP contribution >= 0.6 is 7.92 Å². The minimum Gasteiger partial charge on any atom is -0.249 e. The first kappa shape index (κ1) is 12.1. The van der Waals surface area contributed by atoms with Crippen LogP contribution in [0.4, 0.5) is 0 Å². The average Bonchev–Trinajstić information content (AvgIpc) is 2.88. The maximum absolute atomic E-state index is 4.45. The van der Waals surface area contributed by atoms with Gasteiger partial charge in [-0.3, -0.25) is 0 Å². The molecular weight excluding hydrogens is 253 g/mol. The molecule has 0 spiro atoms. The summed E-state index contributed by atoms with van der Waals surface area (Å²) in [4.78, 5) is 4.45. The van der Waals surface area contributed by atoms with Crippen LogP contribution in [-0.4, -0.2) is 14.8 Å². The summed E-state index contributed by atoms with van der Waals surface area (Å²) in [7, 11) is 1.31. The summed E-state index contributed by atoms with van der Waals surface area (Å²) in [6.45, 7) is 0. The molecule has 0 saturated heterocycles. The Hall–Kier alpha value is -1.99. The lowest BCUT2D eigenvalue weighted by Gasteiger charge is -2.17. The number of hydrogen-bond donors (Lipinski definition) is 0. The number of hydrogen-bond acceptors (Lipinski definition) is 2. The number of rotatable bonds is 3. The van der Waals surface area contributed by atoms with Crippen LogP contribution in [-0.2, 0) is 7.05 Å². The largest absolute Gasteiger partial charge is 0.249 e. The Morgan fingerprint density at radius 1 is 0.842 bits per heavy atom. The number of benzene rings is 2. The van der Waals surface area contributed by atoms with Crippen LogP contribution < -0.4 is 16.2 Å². The van der Waals surface area contributed by atoms with Gasteiger partial charge in [-0.1, -0.05) is 60.7 Å². The van der Waals surface area contributed by atoms with Crippen molar-refractivity contribution in [3.8, 4) is 0 Å². The summed E-state index contributed by atoms with van der Waals surface area (Å²) in [5.74, 6) is 0. The van der Waals surface area contributed by atoms with Crippen LogP contribution in [0.2, 0.25) is 0 Å². The fourth-order valence-corrected chi connectivity index (χ4v) is 4.24. The quantitative estimate of drug-likeness (QED) is 0.674. The van der Waals surface area contributed by atoms with E-state index in [2.05, 4.69) is 58.6 Å². The fourth-order valence-electron chi connectivity index (χ4n) is 2.03. The van der Waals surface area contributed by atoms with Crippen LogP contribution in [0.5, 0.6) is 0 Å². The van der Waals surface area contributed by atoms with Crippen molar-refractivity contribution < 1.29 is 0 Å². The highest BCUT2D eigenvalue weighted by molar-refractivity contribution is 7.79. The first-order valence-corrected chi connectivity index (χ1v) is 7.44. The van der Waals surface area contributed by atoms with Gasteiger partial charge in [0.15, 0.2) is 5.57 Å². The van der Waals surface area contributed by atoms with Crippen molar-refractivity contribution in [2.24, 2.45) is 7.05 Å². The lowest BCUT2D eigenvalue weighted by Crippen LogP contribution is -2.27. The first-order valence-electron chi connectivity index (χ1n) is 6.10. The van der Waals surface area contributed by atoms with E-state index in [-0.39, 0.29) is 0 Å². The van der Waals surface area contributed by atoms with E-state index in [0.717, 1.165) is 5.57 Å². The molecule has 0 radical (unpaired) electrons. The summed E-state index contributed by atoms with van der Waals surface area (Å²) in [5.41, 5.74) is 1.02. The van der Waals surface area contributed by atoms with Crippen LogP contribution in [0, 0.1) is 0 Å². The van der Waals surface area contributed by atoms with Crippen molar-refractivity contribution >= 4 is 24.1 Å². The van der Waals surface area contributed by atoms with E-state index in [4.69, 9.17) is 0 Å². The van der Waals surface area contributed by atoms with Gasteiger partial charge >= 0.3 is 0 Å². The van der Waals surface area contributed by atoms with Crippen molar-refractivity contribution in [1.29, 1.82) is 0 Å². The van der Waals surface area contributed by atoms with Gasteiger partial charge in [0.2, 0.25) is 0 Å². The normalized spacial score (nSPS) is 10.8. The molecule has 1 aromatic heterocycles. The monoisotopic (exact) mass is 267 g/mol. The van der Waals surface area contributed by atoms with Crippen LogP contribution in [0.3, 0.4) is 0 Å². The molecule has 2 aromatic carbocycles. The molecule has 0 aliphatic carbocycles. The Kier molecular flexibility index (Phi) is 3.39. The summed E-state index contributed by atoms with van der Waals surface area (Å²) < 4.78 is 1.87. The molecule has 0 saturated carbocycles. The predicted octanol–water partition coefficient (Wildman–Crippen LogP) is 1.57. The van der Waals surface area contributed by atoms with Gasteiger partial charge in [-0.25, -0.2) is 9.67 Å². The van der Waals surface area contributed by atoms with Gasteiger partial charge in [0.1, 0.15) is 6.33 Å². The van der Waals surface area contributed by atoms with E-state index in [1.807, 2.05) is 23.9 Å². The summed E-state index contributed by atoms with van der Waals surface area (Å²) in [5, 5.41) is 6.79. The maximum Gasteiger partial charge on any atom is 0.158 e.